The van der Waals surface area contributed by atoms with Crippen LogP contribution in [0.3, 0.4) is 0 Å². The fourth-order valence-electron chi connectivity index (χ4n) is 3.70. The molecule has 1 N–H and O–H groups in total. The summed E-state index contributed by atoms with van der Waals surface area (Å²) in [6.07, 6.45) is 1.89. The van der Waals surface area contributed by atoms with Crippen LogP contribution in [-0.4, -0.2) is 29.3 Å². The highest BCUT2D eigenvalue weighted by Gasteiger charge is 2.44. The number of benzene rings is 2. The van der Waals surface area contributed by atoms with Crippen molar-refractivity contribution in [2.24, 2.45) is 0 Å². The number of fused-ring (bicyclic) bond motifs is 1. The minimum atomic E-state index is -0.412. The predicted molar refractivity (Wildman–Crippen MR) is 104 cm³/mol. The molecule has 0 spiro atoms. The van der Waals surface area contributed by atoms with Crippen LogP contribution in [0.4, 0.5) is 0 Å². The van der Waals surface area contributed by atoms with E-state index in [1.54, 1.807) is 36.4 Å². The van der Waals surface area contributed by atoms with Crippen molar-refractivity contribution < 1.29 is 9.59 Å². The Balaban J connectivity index is 0.00000196. The van der Waals surface area contributed by atoms with Crippen molar-refractivity contribution in [1.29, 1.82) is 0 Å². The first kappa shape index (κ1) is 19.2. The first-order valence-electron chi connectivity index (χ1n) is 8.23. The van der Waals surface area contributed by atoms with E-state index in [2.05, 4.69) is 5.32 Å². The molecule has 2 aliphatic rings. The van der Waals surface area contributed by atoms with Crippen LogP contribution < -0.4 is 5.32 Å². The number of amides is 2. The Bertz CT molecular complexity index is 831. The molecule has 2 aromatic rings. The van der Waals surface area contributed by atoms with Gasteiger partial charge in [-0.05, 0) is 49.2 Å². The Kier molecular flexibility index (Phi) is 5.58. The van der Waals surface area contributed by atoms with Crippen molar-refractivity contribution in [3.63, 3.8) is 0 Å². The second kappa shape index (κ2) is 7.57. The zero-order valence-corrected chi connectivity index (χ0v) is 16.1. The Labute approximate surface area is 167 Å². The number of rotatable bonds is 3. The predicted octanol–water partition coefficient (Wildman–Crippen LogP) is 4.50. The smallest absolute Gasteiger partial charge is 0.262 e. The lowest BCUT2D eigenvalue weighted by molar-refractivity contribution is 0.0550. The normalized spacial score (nSPS) is 20.1. The Morgan fingerprint density at radius 2 is 1.65 bits per heavy atom. The number of carbonyl (C=O) groups excluding carboxylic acids is 2. The van der Waals surface area contributed by atoms with Crippen molar-refractivity contribution >= 4 is 47.4 Å². The molecule has 7 heteroatoms. The fourth-order valence-corrected chi connectivity index (χ4v) is 4.01. The molecule has 4 nitrogen and oxygen atoms in total. The van der Waals surface area contributed by atoms with Crippen LogP contribution in [0.15, 0.2) is 42.5 Å². The lowest BCUT2D eigenvalue weighted by atomic mass is 9.96. The number of nitrogens with zero attached hydrogens (tertiary/aromatic N) is 1. The van der Waals surface area contributed by atoms with Crippen molar-refractivity contribution in [2.75, 3.05) is 6.54 Å². The molecule has 0 saturated carbocycles. The average molecular weight is 412 g/mol. The molecule has 0 aromatic heterocycles. The second-order valence-corrected chi connectivity index (χ2v) is 7.16. The minimum Gasteiger partial charge on any atom is -0.312 e. The van der Waals surface area contributed by atoms with Gasteiger partial charge in [0.1, 0.15) is 0 Å². The van der Waals surface area contributed by atoms with Gasteiger partial charge in [0.15, 0.2) is 0 Å². The zero-order chi connectivity index (χ0) is 17.6. The first-order chi connectivity index (χ1) is 12.1. The monoisotopic (exact) mass is 410 g/mol. The van der Waals surface area contributed by atoms with Crippen LogP contribution in [-0.2, 0) is 0 Å². The largest absolute Gasteiger partial charge is 0.312 e. The average Bonchev–Trinajstić information content (AvgIpc) is 3.22. The van der Waals surface area contributed by atoms with Gasteiger partial charge in [0.25, 0.3) is 11.8 Å². The lowest BCUT2D eigenvalue weighted by Crippen LogP contribution is -2.44. The molecule has 2 heterocycles. The molecule has 0 aliphatic carbocycles. The Morgan fingerprint density at radius 3 is 2.19 bits per heavy atom. The molecule has 2 atom stereocenters. The summed E-state index contributed by atoms with van der Waals surface area (Å²) in [6, 6.07) is 11.8. The van der Waals surface area contributed by atoms with Gasteiger partial charge in [-0.25, -0.2) is 0 Å². The van der Waals surface area contributed by atoms with Crippen LogP contribution in [0.1, 0.15) is 45.2 Å². The van der Waals surface area contributed by atoms with E-state index in [4.69, 9.17) is 23.2 Å². The van der Waals surface area contributed by atoms with Gasteiger partial charge in [0.05, 0.1) is 27.2 Å². The zero-order valence-electron chi connectivity index (χ0n) is 13.7. The third-order valence-electron chi connectivity index (χ3n) is 4.87. The van der Waals surface area contributed by atoms with Gasteiger partial charge < -0.3 is 5.32 Å². The Hall–Kier alpha value is -1.59. The Morgan fingerprint density at radius 1 is 1.00 bits per heavy atom. The molecule has 136 valence electrons. The highest BCUT2D eigenvalue weighted by atomic mass is 35.5. The van der Waals surface area contributed by atoms with E-state index in [9.17, 15) is 9.59 Å². The van der Waals surface area contributed by atoms with E-state index >= 15 is 0 Å². The summed E-state index contributed by atoms with van der Waals surface area (Å²) in [6.45, 7) is 0.867. The summed E-state index contributed by atoms with van der Waals surface area (Å²) in [5.41, 5.74) is 1.72. The summed E-state index contributed by atoms with van der Waals surface area (Å²) in [4.78, 5) is 27.3. The number of hydrogen-bond acceptors (Lipinski definition) is 3. The van der Waals surface area contributed by atoms with E-state index in [0.29, 0.717) is 21.2 Å². The number of imide groups is 1. The molecular formula is C19H17Cl3N2O2. The van der Waals surface area contributed by atoms with Gasteiger partial charge in [0.2, 0.25) is 0 Å². The molecule has 2 amide bonds. The van der Waals surface area contributed by atoms with Gasteiger partial charge in [-0.2, -0.15) is 0 Å². The maximum absolute atomic E-state index is 12.9. The van der Waals surface area contributed by atoms with Crippen molar-refractivity contribution in [1.82, 2.24) is 10.2 Å². The topological polar surface area (TPSA) is 49.4 Å². The quantitative estimate of drug-likeness (QED) is 0.756. The molecule has 1 saturated heterocycles. The van der Waals surface area contributed by atoms with E-state index in [1.807, 2.05) is 6.07 Å². The van der Waals surface area contributed by atoms with E-state index < -0.39 is 6.04 Å². The molecule has 2 aromatic carbocycles. The molecule has 0 bridgehead atoms. The fraction of sp³-hybridized carbons (Fsp3) is 0.263. The molecular weight excluding hydrogens is 395 g/mol. The highest BCUT2D eigenvalue weighted by molar-refractivity contribution is 6.42. The van der Waals surface area contributed by atoms with Gasteiger partial charge >= 0.3 is 0 Å². The van der Waals surface area contributed by atoms with Gasteiger partial charge in [0, 0.05) is 6.04 Å². The van der Waals surface area contributed by atoms with E-state index in [-0.39, 0.29) is 30.3 Å². The minimum absolute atomic E-state index is 0. The number of hydrogen-bond donors (Lipinski definition) is 1. The number of carbonyl (C=O) groups is 2. The third-order valence-corrected chi connectivity index (χ3v) is 5.61. The van der Waals surface area contributed by atoms with Crippen molar-refractivity contribution in [3.8, 4) is 0 Å². The second-order valence-electron chi connectivity index (χ2n) is 6.35. The first-order valence-corrected chi connectivity index (χ1v) is 8.99. The van der Waals surface area contributed by atoms with E-state index in [1.165, 1.54) is 4.90 Å². The molecule has 1 unspecified atom stereocenters. The summed E-state index contributed by atoms with van der Waals surface area (Å²) >= 11 is 12.2. The van der Waals surface area contributed by atoms with Crippen LogP contribution in [0.25, 0.3) is 0 Å². The van der Waals surface area contributed by atoms with E-state index in [0.717, 1.165) is 24.9 Å². The van der Waals surface area contributed by atoms with Gasteiger partial charge in [-0.1, -0.05) is 41.4 Å². The van der Waals surface area contributed by atoms with Crippen LogP contribution in [0.2, 0.25) is 10.0 Å². The maximum Gasteiger partial charge on any atom is 0.262 e. The van der Waals surface area contributed by atoms with Crippen LogP contribution in [0.5, 0.6) is 0 Å². The van der Waals surface area contributed by atoms with Crippen molar-refractivity contribution in [3.05, 3.63) is 69.2 Å². The standard InChI is InChI=1S/C19H16Cl2N2O2.ClH/c20-14-8-7-11(10-15(14)21)17(16-6-3-9-22-16)23-18(24)12-4-1-2-5-13(12)19(23)25;/h1-2,4-5,7-8,10,16-17,22H,3,6,9H2;1H/t16-,17?;/m1./s1. The molecule has 2 aliphatic heterocycles. The highest BCUT2D eigenvalue weighted by Crippen LogP contribution is 2.37. The molecule has 0 radical (unpaired) electrons. The van der Waals surface area contributed by atoms with Crippen LogP contribution in [0, 0.1) is 0 Å². The van der Waals surface area contributed by atoms with Gasteiger partial charge in [-0.15, -0.1) is 12.4 Å². The molecule has 1 fully saturated rings. The van der Waals surface area contributed by atoms with Gasteiger partial charge in [-0.3, -0.25) is 14.5 Å². The summed E-state index contributed by atoms with van der Waals surface area (Å²) in [5, 5.41) is 4.28. The lowest BCUT2D eigenvalue weighted by Gasteiger charge is -2.32. The van der Waals surface area contributed by atoms with Crippen LogP contribution >= 0.6 is 35.6 Å². The third kappa shape index (κ3) is 3.12. The summed E-state index contributed by atoms with van der Waals surface area (Å²) in [7, 11) is 0. The van der Waals surface area contributed by atoms with Crippen molar-refractivity contribution in [2.45, 2.75) is 24.9 Å². The molecule has 26 heavy (non-hydrogen) atoms. The number of halogens is 3. The summed E-state index contributed by atoms with van der Waals surface area (Å²) < 4.78 is 0. The number of nitrogens with one attached hydrogen (secondary N) is 1. The summed E-state index contributed by atoms with van der Waals surface area (Å²) in [5.74, 6) is -0.518. The molecule has 4 rings (SSSR count). The SMILES string of the molecule is Cl.O=C1c2ccccc2C(=O)N1C(c1ccc(Cl)c(Cl)c1)[C@H]1CCCN1. The maximum atomic E-state index is 12.9.